The van der Waals surface area contributed by atoms with E-state index in [9.17, 15) is 9.59 Å². The van der Waals surface area contributed by atoms with Crippen molar-refractivity contribution in [2.45, 2.75) is 127 Å². The first-order valence-corrected chi connectivity index (χ1v) is 25.1. The second kappa shape index (κ2) is 19.5. The minimum absolute atomic E-state index is 0.00538. The van der Waals surface area contributed by atoms with Crippen LogP contribution in [0.5, 0.6) is 0 Å². The van der Waals surface area contributed by atoms with Crippen LogP contribution in [0.25, 0.3) is 11.1 Å². The summed E-state index contributed by atoms with van der Waals surface area (Å²) in [5.41, 5.74) is 17.3. The van der Waals surface area contributed by atoms with E-state index in [1.807, 2.05) is 52.0 Å². The molecule has 12 nitrogen and oxygen atoms in total. The van der Waals surface area contributed by atoms with E-state index in [0.717, 1.165) is 90.9 Å². The molecule has 10 rings (SSSR count). The van der Waals surface area contributed by atoms with Gasteiger partial charge in [-0.3, -0.25) is 19.4 Å². The van der Waals surface area contributed by atoms with E-state index in [0.29, 0.717) is 27.4 Å². The summed E-state index contributed by atoms with van der Waals surface area (Å²) in [5.74, 6) is 0.742. The summed E-state index contributed by atoms with van der Waals surface area (Å²) in [5, 5.41) is 18.5. The Morgan fingerprint density at radius 3 is 1.51 bits per heavy atom. The van der Waals surface area contributed by atoms with E-state index >= 15 is 0 Å². The molecule has 4 aromatic carbocycles. The first-order valence-electron chi connectivity index (χ1n) is 23.6. The first kappa shape index (κ1) is 50.1. The van der Waals surface area contributed by atoms with Gasteiger partial charge in [0, 0.05) is 51.7 Å². The number of carbonyl (C=O) groups is 2. The number of methoxy groups -OCH3 is 2. The molecule has 0 radical (unpaired) electrons. The highest BCUT2D eigenvalue weighted by molar-refractivity contribution is 9.10. The fourth-order valence-corrected chi connectivity index (χ4v) is 12.9. The third-order valence-electron chi connectivity index (χ3n) is 15.5. The van der Waals surface area contributed by atoms with Crippen molar-refractivity contribution in [2.24, 2.45) is 32.3 Å². The highest BCUT2D eigenvalue weighted by atomic mass is 79.9. The molecule has 4 spiro atoms. The summed E-state index contributed by atoms with van der Waals surface area (Å²) >= 11 is 15.4. The lowest BCUT2D eigenvalue weighted by atomic mass is 9.61. The number of nitrogens with two attached hydrogens (primary N) is 2. The monoisotopic (exact) mass is 1030 g/mol. The predicted molar refractivity (Wildman–Crippen MR) is 274 cm³/mol. The molecule has 0 bridgehead atoms. The van der Waals surface area contributed by atoms with Gasteiger partial charge in [0.2, 0.25) is 0 Å². The van der Waals surface area contributed by atoms with E-state index in [-0.39, 0.29) is 46.9 Å². The summed E-state index contributed by atoms with van der Waals surface area (Å²) in [6.07, 6.45) is 9.62. The maximum absolute atomic E-state index is 14.1. The van der Waals surface area contributed by atoms with Crippen molar-refractivity contribution in [1.82, 2.24) is 9.80 Å². The van der Waals surface area contributed by atoms with E-state index in [2.05, 4.69) is 52.3 Å². The van der Waals surface area contributed by atoms with Crippen LogP contribution < -0.4 is 16.9 Å². The average molecular weight is 1030 g/mol. The lowest BCUT2D eigenvalue weighted by molar-refractivity contribution is -0.140. The van der Waals surface area contributed by atoms with Crippen molar-refractivity contribution in [1.29, 1.82) is 0 Å². The van der Waals surface area contributed by atoms with Gasteiger partial charge in [0.05, 0.1) is 12.2 Å². The SMILES string of the molecule is COC1CCC2(CC1)Cc1ccc(-c3cccc(Cl)c3)cc1C21N=C(N)N(C(C)C)C1=O.COC1CCC2(CC1)Cc1ccc(Br)cc1C21N=C(N)N(C(C)C)C1=O.OB(O)c1cccc(Cl)c1. The van der Waals surface area contributed by atoms with Crippen LogP contribution in [0, 0.1) is 10.8 Å². The Morgan fingerprint density at radius 1 is 0.662 bits per heavy atom. The highest BCUT2D eigenvalue weighted by Crippen LogP contribution is 2.64. The second-order valence-electron chi connectivity index (χ2n) is 19.8. The zero-order valence-electron chi connectivity index (χ0n) is 39.6. The molecule has 0 aromatic heterocycles. The number of benzene rings is 4. The molecular formula is C52H62BBrCl2N6O6. The average Bonchev–Trinajstić information content (AvgIpc) is 3.94. The molecule has 4 aromatic rings. The number of guanidine groups is 2. The topological polar surface area (TPSA) is 176 Å². The molecule has 6 aliphatic rings. The highest BCUT2D eigenvalue weighted by Gasteiger charge is 2.68. The number of halogens is 3. The van der Waals surface area contributed by atoms with Crippen molar-refractivity contribution in [3.63, 3.8) is 0 Å². The summed E-state index contributed by atoms with van der Waals surface area (Å²) < 4.78 is 12.2. The van der Waals surface area contributed by atoms with Crippen LogP contribution in [0.15, 0.2) is 99.4 Å². The van der Waals surface area contributed by atoms with Gasteiger partial charge < -0.3 is 31.0 Å². The van der Waals surface area contributed by atoms with Crippen molar-refractivity contribution in [3.05, 3.63) is 122 Å². The third-order valence-corrected chi connectivity index (χ3v) is 16.4. The predicted octanol–water partition coefficient (Wildman–Crippen LogP) is 8.26. The normalized spacial score (nSPS) is 28.0. The van der Waals surface area contributed by atoms with Crippen LogP contribution in [0.3, 0.4) is 0 Å². The molecule has 2 heterocycles. The number of fused-ring (bicyclic) bond motifs is 6. The minimum Gasteiger partial charge on any atom is -0.423 e. The van der Waals surface area contributed by atoms with Crippen LogP contribution in [0.2, 0.25) is 10.0 Å². The Labute approximate surface area is 418 Å². The lowest BCUT2D eigenvalue weighted by Gasteiger charge is -2.45. The first-order chi connectivity index (χ1) is 32.4. The Morgan fingerprint density at radius 2 is 1.10 bits per heavy atom. The van der Waals surface area contributed by atoms with Gasteiger partial charge in [-0.1, -0.05) is 81.6 Å². The smallest absolute Gasteiger partial charge is 0.423 e. The molecule has 0 saturated heterocycles. The number of amides is 2. The molecule has 2 unspecified atom stereocenters. The maximum atomic E-state index is 14.1. The summed E-state index contributed by atoms with van der Waals surface area (Å²) in [7, 11) is 2.12. The van der Waals surface area contributed by atoms with E-state index in [4.69, 9.17) is 64.2 Å². The van der Waals surface area contributed by atoms with Gasteiger partial charge >= 0.3 is 7.12 Å². The number of aliphatic imine (C=N–C) groups is 2. The molecule has 2 amide bonds. The molecule has 2 saturated carbocycles. The van der Waals surface area contributed by atoms with Gasteiger partial charge in [-0.2, -0.15) is 0 Å². The fraction of sp³-hybridized carbons (Fsp3) is 0.462. The van der Waals surface area contributed by atoms with Gasteiger partial charge in [0.15, 0.2) is 23.0 Å². The molecule has 6 N–H and O–H groups in total. The number of carbonyl (C=O) groups excluding carboxylic acids is 2. The van der Waals surface area contributed by atoms with Crippen LogP contribution in [-0.2, 0) is 43.0 Å². The number of rotatable bonds is 6. The molecule has 4 aliphatic carbocycles. The number of hydrogen-bond donors (Lipinski definition) is 4. The molecular weight excluding hydrogens is 966 g/mol. The van der Waals surface area contributed by atoms with Crippen molar-refractivity contribution < 1.29 is 29.1 Å². The summed E-state index contributed by atoms with van der Waals surface area (Å²) in [6.45, 7) is 7.97. The Kier molecular flexibility index (Phi) is 14.4. The largest absolute Gasteiger partial charge is 0.488 e. The summed E-state index contributed by atoms with van der Waals surface area (Å²) in [6, 6.07) is 26.9. The standard InChI is InChI=1S/C26H30ClN3O2.C20H26BrN3O2.C6H6BClO2/c1-16(2)30-23(31)26(29-24(30)28)22-14-18(17-5-4-6-20(27)13-17)7-8-19(22)15-25(26)11-9-21(32-3)10-12-25;1-12(2)24-17(25)20(23-18(24)22)16-10-14(21)5-4-13(16)11-19(20)8-6-15(26-3)7-9-19;8-6-3-1-2-5(4-6)7(9)10/h4-8,13-14,16,21H,9-12,15H2,1-3H3,(H2,28,29);4-5,10,12,15H,6-9,11H2,1-3H3,(H2,22,23);1-4,9-10H. The molecule has 16 heteroatoms. The summed E-state index contributed by atoms with van der Waals surface area (Å²) in [4.78, 5) is 41.2. The van der Waals surface area contributed by atoms with Gasteiger partial charge in [-0.05, 0) is 173 Å². The van der Waals surface area contributed by atoms with Gasteiger partial charge in [-0.25, -0.2) is 9.98 Å². The third kappa shape index (κ3) is 8.49. The van der Waals surface area contributed by atoms with Crippen molar-refractivity contribution in [2.75, 3.05) is 14.2 Å². The Hall–Kier alpha value is -4.28. The van der Waals surface area contributed by atoms with Crippen LogP contribution in [0.4, 0.5) is 0 Å². The quantitative estimate of drug-likeness (QED) is 0.140. The Bertz CT molecular complexity index is 2630. The Balaban J connectivity index is 0.000000155. The van der Waals surface area contributed by atoms with E-state index in [1.54, 1.807) is 42.2 Å². The van der Waals surface area contributed by atoms with Gasteiger partial charge in [0.1, 0.15) is 0 Å². The zero-order chi connectivity index (χ0) is 48.9. The molecule has 360 valence electrons. The number of nitrogens with zero attached hydrogens (tertiary/aromatic N) is 4. The zero-order valence-corrected chi connectivity index (χ0v) is 42.7. The van der Waals surface area contributed by atoms with E-state index in [1.165, 1.54) is 17.2 Å². The maximum Gasteiger partial charge on any atom is 0.488 e. The molecule has 2 atom stereocenters. The van der Waals surface area contributed by atoms with Gasteiger partial charge in [0.25, 0.3) is 11.8 Å². The van der Waals surface area contributed by atoms with Crippen LogP contribution >= 0.6 is 39.1 Å². The number of hydrogen-bond acceptors (Lipinski definition) is 10. The molecule has 2 fully saturated rings. The van der Waals surface area contributed by atoms with E-state index < -0.39 is 18.2 Å². The lowest BCUT2D eigenvalue weighted by Crippen LogP contribution is -2.53. The van der Waals surface area contributed by atoms with Crippen LogP contribution in [-0.4, -0.2) is 89.2 Å². The molecule has 68 heavy (non-hydrogen) atoms. The van der Waals surface area contributed by atoms with Crippen LogP contribution in [0.1, 0.15) is 101 Å². The van der Waals surface area contributed by atoms with Gasteiger partial charge in [-0.15, -0.1) is 0 Å². The fourth-order valence-electron chi connectivity index (χ4n) is 12.2. The number of ether oxygens (including phenoxy) is 2. The van der Waals surface area contributed by atoms with Crippen molar-refractivity contribution >= 4 is 75.4 Å². The molecule has 2 aliphatic heterocycles. The second-order valence-corrected chi connectivity index (χ2v) is 21.6. The van der Waals surface area contributed by atoms with Crippen molar-refractivity contribution in [3.8, 4) is 11.1 Å². The minimum atomic E-state index is -1.43.